The Morgan fingerprint density at radius 3 is 2.61 bits per heavy atom. The molecule has 0 aliphatic rings. The van der Waals surface area contributed by atoms with Crippen LogP contribution in [0.3, 0.4) is 0 Å². The summed E-state index contributed by atoms with van der Waals surface area (Å²) in [6.07, 6.45) is 0. The molecule has 94 valence electrons. The molecule has 2 aromatic rings. The lowest BCUT2D eigenvalue weighted by Gasteiger charge is -2.07. The Labute approximate surface area is 110 Å². The Morgan fingerprint density at radius 1 is 1.11 bits per heavy atom. The van der Waals surface area contributed by atoms with Crippen LogP contribution in [0.15, 0.2) is 42.5 Å². The third-order valence-electron chi connectivity index (χ3n) is 2.54. The van der Waals surface area contributed by atoms with Crippen LogP contribution in [0.1, 0.15) is 11.1 Å². The van der Waals surface area contributed by atoms with Gasteiger partial charge in [0.2, 0.25) is 0 Å². The van der Waals surface area contributed by atoms with Crippen molar-refractivity contribution >= 4 is 11.6 Å². The number of rotatable bonds is 4. The molecule has 2 aromatic carbocycles. The van der Waals surface area contributed by atoms with E-state index in [2.05, 4.69) is 5.32 Å². The fraction of sp³-hybridized carbons (Fsp3) is 0.143. The standard InChI is InChI=1S/C14H13ClFNO/c15-14-4-2-1-3-11(14)9-17-8-10-5-12(16)7-13(18)6-10/h1-7,17-18H,8-9H2. The van der Waals surface area contributed by atoms with Gasteiger partial charge in [-0.3, -0.25) is 0 Å². The molecule has 0 radical (unpaired) electrons. The molecule has 0 bridgehead atoms. The topological polar surface area (TPSA) is 32.3 Å². The van der Waals surface area contributed by atoms with Gasteiger partial charge in [0.05, 0.1) is 0 Å². The second-order valence-corrected chi connectivity index (χ2v) is 4.42. The molecule has 0 saturated carbocycles. The van der Waals surface area contributed by atoms with Crippen molar-refractivity contribution in [3.8, 4) is 5.75 Å². The van der Waals surface area contributed by atoms with Crippen molar-refractivity contribution in [3.63, 3.8) is 0 Å². The maximum atomic E-state index is 13.0. The summed E-state index contributed by atoms with van der Waals surface area (Å²) in [5.41, 5.74) is 1.68. The van der Waals surface area contributed by atoms with E-state index in [9.17, 15) is 9.50 Å². The van der Waals surface area contributed by atoms with Crippen molar-refractivity contribution in [2.45, 2.75) is 13.1 Å². The van der Waals surface area contributed by atoms with Crippen LogP contribution in [0.5, 0.6) is 5.75 Å². The average Bonchev–Trinajstić information content (AvgIpc) is 2.30. The number of phenolic OH excluding ortho intramolecular Hbond substituents is 1. The van der Waals surface area contributed by atoms with Crippen LogP contribution in [0.4, 0.5) is 4.39 Å². The van der Waals surface area contributed by atoms with Crippen LogP contribution in [0.25, 0.3) is 0 Å². The van der Waals surface area contributed by atoms with E-state index < -0.39 is 5.82 Å². The number of hydrogen-bond donors (Lipinski definition) is 2. The molecule has 2 N–H and O–H groups in total. The molecule has 0 aromatic heterocycles. The number of nitrogens with one attached hydrogen (secondary N) is 1. The van der Waals surface area contributed by atoms with Gasteiger partial charge in [-0.15, -0.1) is 0 Å². The van der Waals surface area contributed by atoms with Gasteiger partial charge in [0.1, 0.15) is 11.6 Å². The van der Waals surface area contributed by atoms with E-state index in [1.165, 1.54) is 12.1 Å². The van der Waals surface area contributed by atoms with Crippen molar-refractivity contribution < 1.29 is 9.50 Å². The SMILES string of the molecule is Oc1cc(F)cc(CNCc2ccccc2Cl)c1. The Hall–Kier alpha value is -1.58. The van der Waals surface area contributed by atoms with Crippen LogP contribution >= 0.6 is 11.6 Å². The maximum Gasteiger partial charge on any atom is 0.127 e. The van der Waals surface area contributed by atoms with Crippen LogP contribution in [0.2, 0.25) is 5.02 Å². The zero-order valence-electron chi connectivity index (χ0n) is 9.66. The highest BCUT2D eigenvalue weighted by Crippen LogP contribution is 2.16. The zero-order valence-corrected chi connectivity index (χ0v) is 10.4. The Morgan fingerprint density at radius 2 is 1.89 bits per heavy atom. The van der Waals surface area contributed by atoms with Gasteiger partial charge in [-0.05, 0) is 29.3 Å². The molecular formula is C14H13ClFNO. The van der Waals surface area contributed by atoms with Crippen molar-refractivity contribution in [1.29, 1.82) is 0 Å². The third kappa shape index (κ3) is 3.45. The van der Waals surface area contributed by atoms with E-state index in [0.29, 0.717) is 23.7 Å². The van der Waals surface area contributed by atoms with Gasteiger partial charge >= 0.3 is 0 Å². The first kappa shape index (κ1) is 12.9. The minimum absolute atomic E-state index is 0.0652. The van der Waals surface area contributed by atoms with E-state index in [0.717, 1.165) is 11.6 Å². The molecule has 2 rings (SSSR count). The second kappa shape index (κ2) is 5.85. The predicted molar refractivity (Wildman–Crippen MR) is 70.1 cm³/mol. The molecule has 0 heterocycles. The molecule has 0 amide bonds. The first-order valence-corrected chi connectivity index (χ1v) is 5.95. The molecular weight excluding hydrogens is 253 g/mol. The molecule has 2 nitrogen and oxygen atoms in total. The Balaban J connectivity index is 1.94. The van der Waals surface area contributed by atoms with Gasteiger partial charge in [0, 0.05) is 24.2 Å². The highest BCUT2D eigenvalue weighted by atomic mass is 35.5. The molecule has 0 unspecified atom stereocenters. The summed E-state index contributed by atoms with van der Waals surface area (Å²) in [7, 11) is 0. The van der Waals surface area contributed by atoms with E-state index >= 15 is 0 Å². The smallest absolute Gasteiger partial charge is 0.127 e. The summed E-state index contributed by atoms with van der Waals surface area (Å²) < 4.78 is 13.0. The lowest BCUT2D eigenvalue weighted by molar-refractivity contribution is 0.467. The van der Waals surface area contributed by atoms with Gasteiger partial charge in [0.15, 0.2) is 0 Å². The maximum absolute atomic E-state index is 13.0. The van der Waals surface area contributed by atoms with E-state index in [4.69, 9.17) is 11.6 Å². The van der Waals surface area contributed by atoms with Crippen LogP contribution in [0, 0.1) is 5.82 Å². The second-order valence-electron chi connectivity index (χ2n) is 4.01. The van der Waals surface area contributed by atoms with Crippen LogP contribution in [-0.4, -0.2) is 5.11 Å². The van der Waals surface area contributed by atoms with Crippen LogP contribution in [-0.2, 0) is 13.1 Å². The molecule has 18 heavy (non-hydrogen) atoms. The Kier molecular flexibility index (Phi) is 4.18. The zero-order chi connectivity index (χ0) is 13.0. The normalized spacial score (nSPS) is 10.6. The van der Waals surface area contributed by atoms with E-state index in [1.807, 2.05) is 24.3 Å². The van der Waals surface area contributed by atoms with Crippen molar-refractivity contribution in [3.05, 3.63) is 64.4 Å². The largest absolute Gasteiger partial charge is 0.508 e. The van der Waals surface area contributed by atoms with Gasteiger partial charge in [-0.1, -0.05) is 29.8 Å². The summed E-state index contributed by atoms with van der Waals surface area (Å²) >= 11 is 6.02. The number of halogens is 2. The summed E-state index contributed by atoms with van der Waals surface area (Å²) in [5.74, 6) is -0.505. The number of aromatic hydroxyl groups is 1. The minimum Gasteiger partial charge on any atom is -0.508 e. The molecule has 0 atom stereocenters. The van der Waals surface area contributed by atoms with Crippen molar-refractivity contribution in [2.75, 3.05) is 0 Å². The Bertz CT molecular complexity index is 525. The summed E-state index contributed by atoms with van der Waals surface area (Å²) in [6, 6.07) is 11.5. The van der Waals surface area contributed by atoms with E-state index in [-0.39, 0.29) is 5.75 Å². The summed E-state index contributed by atoms with van der Waals surface area (Å²) in [6.45, 7) is 1.06. The first-order chi connectivity index (χ1) is 8.65. The molecule has 0 fully saturated rings. The lowest BCUT2D eigenvalue weighted by atomic mass is 10.2. The molecule has 0 aliphatic heterocycles. The lowest BCUT2D eigenvalue weighted by Crippen LogP contribution is -2.13. The summed E-state index contributed by atoms with van der Waals surface area (Å²) in [4.78, 5) is 0. The first-order valence-electron chi connectivity index (χ1n) is 5.58. The predicted octanol–water partition coefficient (Wildman–Crippen LogP) is 3.47. The third-order valence-corrected chi connectivity index (χ3v) is 2.91. The number of benzene rings is 2. The van der Waals surface area contributed by atoms with Gasteiger partial charge in [-0.2, -0.15) is 0 Å². The quantitative estimate of drug-likeness (QED) is 0.887. The molecule has 0 spiro atoms. The minimum atomic E-state index is -0.440. The van der Waals surface area contributed by atoms with Gasteiger partial charge < -0.3 is 10.4 Å². The van der Waals surface area contributed by atoms with Gasteiger partial charge in [-0.25, -0.2) is 4.39 Å². The molecule has 0 aliphatic carbocycles. The van der Waals surface area contributed by atoms with Crippen molar-refractivity contribution in [2.24, 2.45) is 0 Å². The number of hydrogen-bond acceptors (Lipinski definition) is 2. The summed E-state index contributed by atoms with van der Waals surface area (Å²) in [5, 5.41) is 13.1. The average molecular weight is 266 g/mol. The van der Waals surface area contributed by atoms with Crippen LogP contribution < -0.4 is 5.32 Å². The number of phenols is 1. The fourth-order valence-corrected chi connectivity index (χ4v) is 1.92. The highest BCUT2D eigenvalue weighted by molar-refractivity contribution is 6.31. The molecule has 4 heteroatoms. The highest BCUT2D eigenvalue weighted by Gasteiger charge is 2.01. The van der Waals surface area contributed by atoms with Gasteiger partial charge in [0.25, 0.3) is 0 Å². The van der Waals surface area contributed by atoms with Crippen molar-refractivity contribution in [1.82, 2.24) is 5.32 Å². The molecule has 0 saturated heterocycles. The monoisotopic (exact) mass is 265 g/mol. The fourth-order valence-electron chi connectivity index (χ4n) is 1.72. The van der Waals surface area contributed by atoms with E-state index in [1.54, 1.807) is 0 Å².